The van der Waals surface area contributed by atoms with E-state index >= 15 is 0 Å². The van der Waals surface area contributed by atoms with E-state index in [1.807, 2.05) is 54.6 Å². The molecule has 1 aliphatic heterocycles. The summed E-state index contributed by atoms with van der Waals surface area (Å²) in [6.07, 6.45) is 1.52. The summed E-state index contributed by atoms with van der Waals surface area (Å²) in [7, 11) is 0. The molecule has 1 heterocycles. The minimum absolute atomic E-state index is 0.0780. The van der Waals surface area contributed by atoms with Gasteiger partial charge in [0.1, 0.15) is 0 Å². The van der Waals surface area contributed by atoms with Gasteiger partial charge in [-0.1, -0.05) is 48.5 Å². The van der Waals surface area contributed by atoms with Crippen molar-refractivity contribution in [2.75, 3.05) is 6.61 Å². The number of hydrogen-bond acceptors (Lipinski definition) is 9. The highest BCUT2D eigenvalue weighted by Gasteiger charge is 2.25. The average Bonchev–Trinajstić information content (AvgIpc) is 3.34. The number of carbonyl (C=O) groups is 1. The maximum absolute atomic E-state index is 12.6. The van der Waals surface area contributed by atoms with Crippen molar-refractivity contribution in [3.8, 4) is 28.4 Å². The third-order valence-electron chi connectivity index (χ3n) is 6.00. The topological polar surface area (TPSA) is 143 Å². The Morgan fingerprint density at radius 3 is 2.17 bits per heavy atom. The van der Waals surface area contributed by atoms with Crippen molar-refractivity contribution in [2.24, 2.45) is 4.99 Å². The molecule has 4 aromatic carbocycles. The van der Waals surface area contributed by atoms with Crippen LogP contribution in [0.4, 0.5) is 11.4 Å². The Kier molecular flexibility index (Phi) is 7.50. The largest absolute Gasteiger partial charge is 0.490 e. The molecule has 0 aromatic heterocycles. The first-order valence-electron chi connectivity index (χ1n) is 12.4. The number of hydrogen-bond donors (Lipinski definition) is 0. The summed E-state index contributed by atoms with van der Waals surface area (Å²) in [5, 5.41) is 22.5. The molecule has 0 radical (unpaired) electrons. The van der Waals surface area contributed by atoms with E-state index in [9.17, 15) is 25.0 Å². The Hall–Kier alpha value is -5.84. The second-order valence-corrected chi connectivity index (χ2v) is 8.69. The van der Waals surface area contributed by atoms with Crippen molar-refractivity contribution >= 4 is 29.3 Å². The van der Waals surface area contributed by atoms with E-state index in [1.54, 1.807) is 19.1 Å². The van der Waals surface area contributed by atoms with Crippen molar-refractivity contribution in [3.05, 3.63) is 128 Å². The van der Waals surface area contributed by atoms with Gasteiger partial charge in [0.2, 0.25) is 11.6 Å². The van der Waals surface area contributed by atoms with Crippen LogP contribution in [0.3, 0.4) is 0 Å². The molecule has 0 atom stereocenters. The van der Waals surface area contributed by atoms with Crippen molar-refractivity contribution in [2.45, 2.75) is 6.92 Å². The van der Waals surface area contributed by atoms with Gasteiger partial charge in [-0.15, -0.1) is 0 Å². The quantitative estimate of drug-likeness (QED) is 0.0967. The maximum Gasteiger partial charge on any atom is 0.363 e. The van der Waals surface area contributed by atoms with Crippen molar-refractivity contribution in [3.63, 3.8) is 0 Å². The molecule has 0 amide bonds. The zero-order chi connectivity index (χ0) is 28.9. The second kappa shape index (κ2) is 11.5. The van der Waals surface area contributed by atoms with E-state index in [-0.39, 0.29) is 35.5 Å². The molecule has 41 heavy (non-hydrogen) atoms. The lowest BCUT2D eigenvalue weighted by atomic mass is 10.0. The molecular weight excluding hydrogens is 530 g/mol. The highest BCUT2D eigenvalue weighted by atomic mass is 16.6. The van der Waals surface area contributed by atoms with Gasteiger partial charge in [-0.05, 0) is 60.0 Å². The fraction of sp³-hybridized carbons (Fsp3) is 0.0667. The molecule has 4 aromatic rings. The van der Waals surface area contributed by atoms with Crippen LogP contribution in [-0.4, -0.2) is 28.3 Å². The summed E-state index contributed by atoms with van der Waals surface area (Å²) in [5.41, 5.74) is 2.33. The Labute approximate surface area is 233 Å². The second-order valence-electron chi connectivity index (χ2n) is 8.69. The number of aliphatic imine (C=N–C) groups is 1. The summed E-state index contributed by atoms with van der Waals surface area (Å²) in [6, 6.07) is 25.1. The Morgan fingerprint density at radius 1 is 0.805 bits per heavy atom. The molecule has 0 spiro atoms. The summed E-state index contributed by atoms with van der Waals surface area (Å²) in [4.78, 5) is 38.0. The smallest absolute Gasteiger partial charge is 0.363 e. The number of cyclic esters (lactones) is 1. The first-order chi connectivity index (χ1) is 19.8. The van der Waals surface area contributed by atoms with Gasteiger partial charge in [0, 0.05) is 11.6 Å². The fourth-order valence-electron chi connectivity index (χ4n) is 4.06. The molecule has 0 bridgehead atoms. The first-order valence-corrected chi connectivity index (χ1v) is 12.4. The fourth-order valence-corrected chi connectivity index (χ4v) is 4.06. The number of rotatable bonds is 9. The predicted octanol–water partition coefficient (Wildman–Crippen LogP) is 6.71. The predicted molar refractivity (Wildman–Crippen MR) is 150 cm³/mol. The Morgan fingerprint density at radius 2 is 1.49 bits per heavy atom. The van der Waals surface area contributed by atoms with Crippen LogP contribution in [0.5, 0.6) is 17.2 Å². The molecule has 0 saturated heterocycles. The van der Waals surface area contributed by atoms with E-state index in [0.717, 1.165) is 29.3 Å². The monoisotopic (exact) mass is 551 g/mol. The minimum Gasteiger partial charge on any atom is -0.490 e. The van der Waals surface area contributed by atoms with Gasteiger partial charge >= 0.3 is 11.7 Å². The van der Waals surface area contributed by atoms with Crippen molar-refractivity contribution in [1.29, 1.82) is 0 Å². The van der Waals surface area contributed by atoms with Crippen molar-refractivity contribution < 1.29 is 28.9 Å². The molecule has 204 valence electrons. The van der Waals surface area contributed by atoms with Crippen LogP contribution in [0.1, 0.15) is 18.1 Å². The van der Waals surface area contributed by atoms with Gasteiger partial charge in [-0.3, -0.25) is 20.2 Å². The van der Waals surface area contributed by atoms with Crippen LogP contribution in [0, 0.1) is 20.2 Å². The molecule has 0 unspecified atom stereocenters. The zero-order valence-corrected chi connectivity index (χ0v) is 21.6. The number of nitro groups is 2. The van der Waals surface area contributed by atoms with Gasteiger partial charge in [-0.25, -0.2) is 9.79 Å². The Balaban J connectivity index is 1.40. The third-order valence-corrected chi connectivity index (χ3v) is 6.00. The third kappa shape index (κ3) is 5.93. The number of non-ortho nitro benzene ring substituents is 1. The van der Waals surface area contributed by atoms with Crippen molar-refractivity contribution in [1.82, 2.24) is 0 Å². The van der Waals surface area contributed by atoms with Crippen LogP contribution < -0.4 is 9.47 Å². The van der Waals surface area contributed by atoms with E-state index in [0.29, 0.717) is 11.1 Å². The van der Waals surface area contributed by atoms with Crippen LogP contribution in [0.15, 0.2) is 102 Å². The molecule has 5 rings (SSSR count). The summed E-state index contributed by atoms with van der Waals surface area (Å²) in [5.74, 6) is -0.257. The standard InChI is InChI=1S/C30H21N3O8/c1-2-39-28-17-19(8-14-27(28)40-26-15-13-23(32(35)36)18-25(26)33(37)38)16-24-30(34)41-29(31-24)22-11-9-21(10-12-22)20-6-4-3-5-7-20/h3-18H,2H2,1H3/b24-16-. The first kappa shape index (κ1) is 26.8. The summed E-state index contributed by atoms with van der Waals surface area (Å²) in [6.45, 7) is 2.00. The van der Waals surface area contributed by atoms with Crippen LogP contribution in [-0.2, 0) is 9.53 Å². The van der Waals surface area contributed by atoms with Gasteiger partial charge in [0.05, 0.1) is 22.5 Å². The van der Waals surface area contributed by atoms with Crippen LogP contribution in [0.2, 0.25) is 0 Å². The van der Waals surface area contributed by atoms with Gasteiger partial charge < -0.3 is 14.2 Å². The average molecular weight is 552 g/mol. The lowest BCUT2D eigenvalue weighted by Gasteiger charge is -2.12. The normalized spacial score (nSPS) is 13.4. The molecule has 11 heteroatoms. The number of esters is 1. The van der Waals surface area contributed by atoms with Gasteiger partial charge in [0.25, 0.3) is 5.69 Å². The molecule has 0 saturated carbocycles. The SMILES string of the molecule is CCOc1cc(/C=C2\N=C(c3ccc(-c4ccccc4)cc3)OC2=O)ccc1Oc1ccc([N+](=O)[O-])cc1[N+](=O)[O-]. The highest BCUT2D eigenvalue weighted by Crippen LogP contribution is 2.39. The molecule has 11 nitrogen and oxygen atoms in total. The van der Waals surface area contributed by atoms with Crippen LogP contribution >= 0.6 is 0 Å². The van der Waals surface area contributed by atoms with Crippen LogP contribution in [0.25, 0.3) is 17.2 Å². The summed E-state index contributed by atoms with van der Waals surface area (Å²) < 4.78 is 16.8. The van der Waals surface area contributed by atoms with E-state index in [1.165, 1.54) is 12.1 Å². The lowest BCUT2D eigenvalue weighted by molar-refractivity contribution is -0.394. The van der Waals surface area contributed by atoms with E-state index in [2.05, 4.69) is 4.99 Å². The zero-order valence-electron chi connectivity index (χ0n) is 21.6. The van der Waals surface area contributed by atoms with Gasteiger partial charge in [-0.2, -0.15) is 0 Å². The molecule has 0 fully saturated rings. The number of carbonyl (C=O) groups excluding carboxylic acids is 1. The van der Waals surface area contributed by atoms with E-state index in [4.69, 9.17) is 14.2 Å². The Bertz CT molecular complexity index is 1710. The number of nitro benzene ring substituents is 2. The molecule has 1 aliphatic rings. The molecule has 0 N–H and O–H groups in total. The number of benzene rings is 4. The maximum atomic E-state index is 12.6. The number of ether oxygens (including phenoxy) is 3. The molecular formula is C30H21N3O8. The lowest BCUT2D eigenvalue weighted by Crippen LogP contribution is -2.05. The summed E-state index contributed by atoms with van der Waals surface area (Å²) >= 11 is 0. The van der Waals surface area contributed by atoms with E-state index < -0.39 is 27.2 Å². The minimum atomic E-state index is -0.766. The molecule has 0 aliphatic carbocycles. The highest BCUT2D eigenvalue weighted by molar-refractivity contribution is 6.13. The van der Waals surface area contributed by atoms with Gasteiger partial charge in [0.15, 0.2) is 17.2 Å². The number of nitrogens with zero attached hydrogens (tertiary/aromatic N) is 3.